The highest BCUT2D eigenvalue weighted by molar-refractivity contribution is 7.27. The summed E-state index contributed by atoms with van der Waals surface area (Å²) in [5.74, 6) is 0.327. The van der Waals surface area contributed by atoms with E-state index in [1.807, 2.05) is 72.8 Å². The highest BCUT2D eigenvalue weighted by Gasteiger charge is 2.11. The zero-order valence-corrected chi connectivity index (χ0v) is 12.1. The fourth-order valence-corrected chi connectivity index (χ4v) is 2.67. The van der Waals surface area contributed by atoms with Crippen molar-refractivity contribution in [2.24, 2.45) is 0 Å². The number of phenols is 1. The summed E-state index contributed by atoms with van der Waals surface area (Å²) in [4.78, 5) is 0. The van der Waals surface area contributed by atoms with Crippen LogP contribution in [0.3, 0.4) is 0 Å². The molecule has 0 saturated heterocycles. The molecule has 0 amide bonds. The van der Waals surface area contributed by atoms with Gasteiger partial charge in [-0.15, -0.1) is 9.24 Å². The average Bonchev–Trinajstić information content (AvgIpc) is 2.51. The van der Waals surface area contributed by atoms with Crippen molar-refractivity contribution in [1.29, 1.82) is 0 Å². The summed E-state index contributed by atoms with van der Waals surface area (Å²) in [6.45, 7) is 0. The van der Waals surface area contributed by atoms with Crippen molar-refractivity contribution in [3.05, 3.63) is 72.8 Å². The molecule has 1 N–H and O–H groups in total. The number of phenolic OH excluding ortho intramolecular Hbond substituents is 1. The van der Waals surface area contributed by atoms with Crippen LogP contribution in [0.1, 0.15) is 0 Å². The lowest BCUT2D eigenvalue weighted by molar-refractivity contribution is 0.479. The minimum Gasteiger partial charge on any atom is -0.507 e. The first-order chi connectivity index (χ1) is 9.75. The lowest BCUT2D eigenvalue weighted by Gasteiger charge is -2.12. The molecular weight excluding hydrogens is 263 g/mol. The van der Waals surface area contributed by atoms with Gasteiger partial charge in [-0.25, -0.2) is 0 Å². The largest absolute Gasteiger partial charge is 0.507 e. The van der Waals surface area contributed by atoms with Crippen molar-refractivity contribution in [2.75, 3.05) is 0 Å². The fourth-order valence-electron chi connectivity index (χ4n) is 2.33. The number of aromatic hydroxyl groups is 1. The number of benzene rings is 3. The molecule has 1 nitrogen and oxygen atoms in total. The molecule has 0 aliphatic heterocycles. The lowest BCUT2D eigenvalue weighted by atomic mass is 9.97. The van der Waals surface area contributed by atoms with Gasteiger partial charge in [-0.1, -0.05) is 60.7 Å². The maximum absolute atomic E-state index is 10.6. The highest BCUT2D eigenvalue weighted by atomic mass is 31.0. The Hall–Kier alpha value is -2.11. The molecule has 0 bridgehead atoms. The smallest absolute Gasteiger partial charge is 0.131 e. The van der Waals surface area contributed by atoms with Gasteiger partial charge in [0.15, 0.2) is 0 Å². The van der Waals surface area contributed by atoms with Crippen molar-refractivity contribution >= 4 is 14.5 Å². The third-order valence-electron chi connectivity index (χ3n) is 3.30. The third kappa shape index (κ3) is 2.45. The maximum atomic E-state index is 10.6. The van der Waals surface area contributed by atoms with Gasteiger partial charge in [0.25, 0.3) is 0 Å². The maximum Gasteiger partial charge on any atom is 0.131 e. The van der Waals surface area contributed by atoms with E-state index in [2.05, 4.69) is 9.24 Å². The van der Waals surface area contributed by atoms with Crippen molar-refractivity contribution in [3.63, 3.8) is 0 Å². The molecule has 0 spiro atoms. The van der Waals surface area contributed by atoms with Crippen molar-refractivity contribution in [2.45, 2.75) is 0 Å². The number of hydrogen-bond donors (Lipinski definition) is 1. The van der Waals surface area contributed by atoms with E-state index in [-0.39, 0.29) is 0 Å². The molecule has 0 aliphatic carbocycles. The summed E-state index contributed by atoms with van der Waals surface area (Å²) in [7, 11) is 2.71. The van der Waals surface area contributed by atoms with Crippen LogP contribution in [0.4, 0.5) is 0 Å². The van der Waals surface area contributed by atoms with E-state index >= 15 is 0 Å². The van der Waals surface area contributed by atoms with Gasteiger partial charge >= 0.3 is 0 Å². The summed E-state index contributed by atoms with van der Waals surface area (Å²) in [6.07, 6.45) is 0. The first kappa shape index (κ1) is 12.9. The second-order valence-corrected chi connectivity index (χ2v) is 5.36. The molecule has 20 heavy (non-hydrogen) atoms. The SMILES string of the molecule is Oc1c(-c2ccccc2)cc(P)cc1-c1ccccc1. The van der Waals surface area contributed by atoms with Crippen LogP contribution in [0.25, 0.3) is 22.3 Å². The van der Waals surface area contributed by atoms with E-state index < -0.39 is 0 Å². The summed E-state index contributed by atoms with van der Waals surface area (Å²) in [5, 5.41) is 11.7. The Bertz CT molecular complexity index is 660. The first-order valence-corrected chi connectivity index (χ1v) is 7.07. The third-order valence-corrected chi connectivity index (χ3v) is 3.64. The van der Waals surface area contributed by atoms with Crippen LogP contribution in [0.5, 0.6) is 5.75 Å². The number of hydrogen-bond acceptors (Lipinski definition) is 1. The molecule has 0 saturated carbocycles. The molecule has 0 aromatic heterocycles. The minimum absolute atomic E-state index is 0.327. The molecule has 3 aromatic carbocycles. The molecule has 0 aliphatic rings. The van der Waals surface area contributed by atoms with E-state index in [0.717, 1.165) is 27.6 Å². The monoisotopic (exact) mass is 278 g/mol. The van der Waals surface area contributed by atoms with Gasteiger partial charge in [0.05, 0.1) is 0 Å². The Morgan fingerprint density at radius 1 is 0.650 bits per heavy atom. The molecule has 0 radical (unpaired) electrons. The fraction of sp³-hybridized carbons (Fsp3) is 0. The molecule has 0 fully saturated rings. The first-order valence-electron chi connectivity index (χ1n) is 6.49. The summed E-state index contributed by atoms with van der Waals surface area (Å²) >= 11 is 0. The Kier molecular flexibility index (Phi) is 3.54. The van der Waals surface area contributed by atoms with Crippen LogP contribution in [-0.2, 0) is 0 Å². The van der Waals surface area contributed by atoms with E-state index in [4.69, 9.17) is 0 Å². The van der Waals surface area contributed by atoms with Crippen LogP contribution < -0.4 is 5.30 Å². The van der Waals surface area contributed by atoms with E-state index in [1.165, 1.54) is 0 Å². The molecule has 3 rings (SSSR count). The number of rotatable bonds is 2. The van der Waals surface area contributed by atoms with Crippen molar-refractivity contribution in [3.8, 4) is 28.0 Å². The molecule has 0 heterocycles. The normalized spacial score (nSPS) is 10.4. The van der Waals surface area contributed by atoms with Gasteiger partial charge in [0.1, 0.15) is 5.75 Å². The molecule has 2 heteroatoms. The standard InChI is InChI=1S/C18H15OP/c19-18-16(13-7-3-1-4-8-13)11-15(20)12-17(18)14-9-5-2-6-10-14/h1-12,19H,20H2. The molecule has 1 atom stereocenters. The summed E-state index contributed by atoms with van der Waals surface area (Å²) in [5.41, 5.74) is 3.76. The molecule has 98 valence electrons. The zero-order valence-electron chi connectivity index (χ0n) is 11.0. The van der Waals surface area contributed by atoms with Crippen LogP contribution in [0.2, 0.25) is 0 Å². The Morgan fingerprint density at radius 2 is 1.05 bits per heavy atom. The minimum atomic E-state index is 0.327. The molecular formula is C18H15OP. The lowest BCUT2D eigenvalue weighted by Crippen LogP contribution is -1.95. The van der Waals surface area contributed by atoms with Gasteiger partial charge in [-0.05, 0) is 28.6 Å². The van der Waals surface area contributed by atoms with Gasteiger partial charge in [0, 0.05) is 11.1 Å². The van der Waals surface area contributed by atoms with E-state index in [1.54, 1.807) is 0 Å². The predicted octanol–water partition coefficient (Wildman–Crippen LogP) is 4.23. The van der Waals surface area contributed by atoms with Crippen LogP contribution in [0, 0.1) is 0 Å². The quantitative estimate of drug-likeness (QED) is 0.696. The van der Waals surface area contributed by atoms with Crippen LogP contribution in [0.15, 0.2) is 72.8 Å². The van der Waals surface area contributed by atoms with Crippen LogP contribution in [-0.4, -0.2) is 5.11 Å². The molecule has 3 aromatic rings. The van der Waals surface area contributed by atoms with E-state index in [0.29, 0.717) is 5.75 Å². The van der Waals surface area contributed by atoms with Crippen molar-refractivity contribution in [1.82, 2.24) is 0 Å². The van der Waals surface area contributed by atoms with Gasteiger partial charge in [-0.2, -0.15) is 0 Å². The predicted molar refractivity (Wildman–Crippen MR) is 88.3 cm³/mol. The zero-order chi connectivity index (χ0) is 13.9. The second kappa shape index (κ2) is 5.48. The van der Waals surface area contributed by atoms with Gasteiger partial charge in [0.2, 0.25) is 0 Å². The Balaban J connectivity index is 2.22. The van der Waals surface area contributed by atoms with Gasteiger partial charge in [-0.3, -0.25) is 0 Å². The summed E-state index contributed by atoms with van der Waals surface area (Å²) < 4.78 is 0. The van der Waals surface area contributed by atoms with Crippen molar-refractivity contribution < 1.29 is 5.11 Å². The second-order valence-electron chi connectivity index (χ2n) is 4.70. The Morgan fingerprint density at radius 3 is 1.45 bits per heavy atom. The van der Waals surface area contributed by atoms with Crippen LogP contribution >= 0.6 is 9.24 Å². The highest BCUT2D eigenvalue weighted by Crippen LogP contribution is 2.37. The molecule has 1 unspecified atom stereocenters. The summed E-state index contributed by atoms with van der Waals surface area (Å²) in [6, 6.07) is 23.9. The average molecular weight is 278 g/mol. The Labute approximate surface area is 121 Å². The van der Waals surface area contributed by atoms with Gasteiger partial charge < -0.3 is 5.11 Å². The topological polar surface area (TPSA) is 20.2 Å². The van der Waals surface area contributed by atoms with E-state index in [9.17, 15) is 5.11 Å².